The number of rotatable bonds is 6. The lowest BCUT2D eigenvalue weighted by Crippen LogP contribution is -2.26. The Morgan fingerprint density at radius 3 is 2.48 bits per heavy atom. The molecule has 124 valence electrons. The quantitative estimate of drug-likeness (QED) is 0.817. The zero-order chi connectivity index (χ0) is 17.1. The molecule has 0 unspecified atom stereocenters. The molecule has 0 bridgehead atoms. The Bertz CT molecular complexity index is 734. The summed E-state index contributed by atoms with van der Waals surface area (Å²) in [7, 11) is 0. The van der Waals surface area contributed by atoms with Gasteiger partial charge in [-0.1, -0.05) is 4.49 Å². The monoisotopic (exact) mass is 335 g/mol. The van der Waals surface area contributed by atoms with Crippen LogP contribution in [0.4, 0.5) is 0 Å². The first-order valence-electron chi connectivity index (χ1n) is 7.42. The van der Waals surface area contributed by atoms with Crippen LogP contribution >= 0.6 is 11.5 Å². The van der Waals surface area contributed by atoms with Crippen molar-refractivity contribution in [3.05, 3.63) is 27.5 Å². The first kappa shape index (κ1) is 17.3. The van der Waals surface area contributed by atoms with Crippen LogP contribution in [0.25, 0.3) is 0 Å². The zero-order valence-electron chi connectivity index (χ0n) is 14.0. The molecule has 1 atom stereocenters. The van der Waals surface area contributed by atoms with Crippen LogP contribution in [0.15, 0.2) is 0 Å². The fraction of sp³-hybridized carbons (Fsp3) is 0.533. The van der Waals surface area contributed by atoms with E-state index in [2.05, 4.69) is 20.0 Å². The number of Topliss-reactive ketones (excluding diaryl/α,β-unsaturated/α-hetero) is 1. The first-order chi connectivity index (χ1) is 10.8. The van der Waals surface area contributed by atoms with Crippen molar-refractivity contribution in [1.82, 2.24) is 24.7 Å². The molecule has 0 aromatic carbocycles. The van der Waals surface area contributed by atoms with Gasteiger partial charge >= 0.3 is 0 Å². The number of carbonyl (C=O) groups excluding carboxylic acids is 2. The normalized spacial score (nSPS) is 12.2. The highest BCUT2D eigenvalue weighted by Gasteiger charge is 2.20. The maximum Gasteiger partial charge on any atom is 0.222 e. The van der Waals surface area contributed by atoms with Crippen molar-refractivity contribution in [3.63, 3.8) is 0 Å². The van der Waals surface area contributed by atoms with Crippen molar-refractivity contribution in [1.29, 1.82) is 0 Å². The molecule has 0 spiro atoms. The second kappa shape index (κ2) is 6.99. The fourth-order valence-corrected chi connectivity index (χ4v) is 3.19. The van der Waals surface area contributed by atoms with Gasteiger partial charge in [0.05, 0.1) is 34.4 Å². The fourth-order valence-electron chi connectivity index (χ4n) is 2.62. The van der Waals surface area contributed by atoms with Crippen molar-refractivity contribution < 1.29 is 9.59 Å². The molecule has 1 amide bonds. The molecule has 1 N–H and O–H groups in total. The van der Waals surface area contributed by atoms with E-state index in [1.54, 1.807) is 4.68 Å². The highest BCUT2D eigenvalue weighted by molar-refractivity contribution is 7.05. The molecule has 2 aromatic heterocycles. The van der Waals surface area contributed by atoms with Gasteiger partial charge in [0.15, 0.2) is 5.78 Å². The number of ketones is 1. The summed E-state index contributed by atoms with van der Waals surface area (Å²) in [6.45, 7) is 9.42. The van der Waals surface area contributed by atoms with Gasteiger partial charge in [0.2, 0.25) is 5.91 Å². The summed E-state index contributed by atoms with van der Waals surface area (Å²) in [5, 5.41) is 11.2. The minimum atomic E-state index is -0.123. The predicted octanol–water partition coefficient (Wildman–Crippen LogP) is 2.13. The van der Waals surface area contributed by atoms with Gasteiger partial charge in [-0.05, 0) is 46.2 Å². The number of nitrogens with one attached hydrogen (secondary N) is 1. The van der Waals surface area contributed by atoms with Crippen LogP contribution < -0.4 is 5.32 Å². The highest BCUT2D eigenvalue weighted by atomic mass is 32.1. The Hall–Kier alpha value is -2.09. The van der Waals surface area contributed by atoms with Gasteiger partial charge in [0.25, 0.3) is 0 Å². The Balaban J connectivity index is 2.00. The van der Waals surface area contributed by atoms with E-state index in [9.17, 15) is 9.59 Å². The molecule has 8 heteroatoms. The van der Waals surface area contributed by atoms with E-state index in [0.29, 0.717) is 24.2 Å². The van der Waals surface area contributed by atoms with E-state index < -0.39 is 0 Å². The lowest BCUT2D eigenvalue weighted by atomic mass is 10.1. The Kier molecular flexibility index (Phi) is 5.25. The molecule has 0 radical (unpaired) electrons. The molecule has 2 rings (SSSR count). The number of aromatic nitrogens is 4. The van der Waals surface area contributed by atoms with Crippen molar-refractivity contribution in [2.75, 3.05) is 0 Å². The Labute approximate surface area is 139 Å². The second-order valence-electron chi connectivity index (χ2n) is 5.66. The number of hydrogen-bond acceptors (Lipinski definition) is 6. The standard InChI is InChI=1S/C15H21N5O2S/c1-8(20-11(4)15(12(5)21)10(3)18-20)6-14(22)16-7-13-9(2)17-19-23-13/h8H,6-7H2,1-5H3,(H,16,22)/t8-/m1/s1. The van der Waals surface area contributed by atoms with Gasteiger partial charge in [0, 0.05) is 12.1 Å². The van der Waals surface area contributed by atoms with Gasteiger partial charge in [-0.3, -0.25) is 14.3 Å². The van der Waals surface area contributed by atoms with Crippen LogP contribution in [0.1, 0.15) is 58.6 Å². The van der Waals surface area contributed by atoms with E-state index in [4.69, 9.17) is 0 Å². The van der Waals surface area contributed by atoms with E-state index in [0.717, 1.165) is 16.3 Å². The van der Waals surface area contributed by atoms with Crippen LogP contribution in [0, 0.1) is 20.8 Å². The van der Waals surface area contributed by atoms with Gasteiger partial charge < -0.3 is 5.32 Å². The lowest BCUT2D eigenvalue weighted by molar-refractivity contribution is -0.122. The first-order valence-corrected chi connectivity index (χ1v) is 8.19. The predicted molar refractivity (Wildman–Crippen MR) is 87.5 cm³/mol. The topological polar surface area (TPSA) is 89.8 Å². The summed E-state index contributed by atoms with van der Waals surface area (Å²) in [6.07, 6.45) is 0.296. The molecule has 23 heavy (non-hydrogen) atoms. The van der Waals surface area contributed by atoms with Crippen molar-refractivity contribution >= 4 is 23.2 Å². The minimum absolute atomic E-state index is 0.00364. The molecule has 0 saturated heterocycles. The number of amides is 1. The van der Waals surface area contributed by atoms with Crippen LogP contribution in [0.2, 0.25) is 0 Å². The summed E-state index contributed by atoms with van der Waals surface area (Å²) < 4.78 is 5.60. The summed E-state index contributed by atoms with van der Waals surface area (Å²) in [5.74, 6) is -0.0710. The minimum Gasteiger partial charge on any atom is -0.351 e. The number of nitrogens with zero attached hydrogens (tertiary/aromatic N) is 4. The zero-order valence-corrected chi connectivity index (χ0v) is 14.8. The van der Waals surface area contributed by atoms with Crippen molar-refractivity contribution in [2.45, 2.75) is 53.6 Å². The maximum absolute atomic E-state index is 12.1. The molecule has 0 fully saturated rings. The molecule has 0 aliphatic heterocycles. The smallest absolute Gasteiger partial charge is 0.222 e. The van der Waals surface area contributed by atoms with E-state index in [1.807, 2.05) is 27.7 Å². The lowest BCUT2D eigenvalue weighted by Gasteiger charge is -2.14. The van der Waals surface area contributed by atoms with Crippen molar-refractivity contribution in [2.24, 2.45) is 0 Å². The van der Waals surface area contributed by atoms with E-state index in [1.165, 1.54) is 18.5 Å². The summed E-state index contributed by atoms with van der Waals surface area (Å²) in [4.78, 5) is 24.7. The average Bonchev–Trinajstić information content (AvgIpc) is 2.99. The molecule has 2 aromatic rings. The van der Waals surface area contributed by atoms with Gasteiger partial charge in [-0.25, -0.2) is 0 Å². The molecule has 7 nitrogen and oxygen atoms in total. The molecule has 0 saturated carbocycles. The second-order valence-corrected chi connectivity index (χ2v) is 6.50. The number of carbonyl (C=O) groups is 2. The summed E-state index contributed by atoms with van der Waals surface area (Å²) >= 11 is 1.29. The van der Waals surface area contributed by atoms with Crippen LogP contribution in [0.5, 0.6) is 0 Å². The van der Waals surface area contributed by atoms with E-state index >= 15 is 0 Å². The summed E-state index contributed by atoms with van der Waals surface area (Å²) in [6, 6.07) is -0.123. The van der Waals surface area contributed by atoms with Gasteiger partial charge in [-0.15, -0.1) is 5.10 Å². The number of hydrogen-bond donors (Lipinski definition) is 1. The van der Waals surface area contributed by atoms with Gasteiger partial charge in [0.1, 0.15) is 0 Å². The molecular weight excluding hydrogens is 314 g/mol. The number of aryl methyl sites for hydroxylation is 2. The molecular formula is C15H21N5O2S. The average molecular weight is 335 g/mol. The third kappa shape index (κ3) is 3.82. The Morgan fingerprint density at radius 1 is 1.26 bits per heavy atom. The molecule has 0 aliphatic rings. The van der Waals surface area contributed by atoms with Gasteiger partial charge in [-0.2, -0.15) is 5.10 Å². The third-order valence-corrected chi connectivity index (χ3v) is 4.59. The van der Waals surface area contributed by atoms with E-state index in [-0.39, 0.29) is 17.7 Å². The summed E-state index contributed by atoms with van der Waals surface area (Å²) in [5.41, 5.74) is 2.99. The Morgan fingerprint density at radius 2 is 1.96 bits per heavy atom. The van der Waals surface area contributed by atoms with Crippen LogP contribution in [0.3, 0.4) is 0 Å². The third-order valence-electron chi connectivity index (χ3n) is 3.77. The van der Waals surface area contributed by atoms with Crippen molar-refractivity contribution in [3.8, 4) is 0 Å². The largest absolute Gasteiger partial charge is 0.351 e. The SMILES string of the molecule is CC(=O)c1c(C)nn([C@H](C)CC(=O)NCc2snnc2C)c1C. The maximum atomic E-state index is 12.1. The molecule has 0 aliphatic carbocycles. The highest BCUT2D eigenvalue weighted by Crippen LogP contribution is 2.20. The molecule has 2 heterocycles. The van der Waals surface area contributed by atoms with Crippen LogP contribution in [-0.4, -0.2) is 31.1 Å². The van der Waals surface area contributed by atoms with Crippen LogP contribution in [-0.2, 0) is 11.3 Å².